The Kier molecular flexibility index (Phi) is 3.25. The van der Waals surface area contributed by atoms with Gasteiger partial charge in [-0.2, -0.15) is 0 Å². The van der Waals surface area contributed by atoms with Gasteiger partial charge in [-0.15, -0.1) is 0 Å². The van der Waals surface area contributed by atoms with Gasteiger partial charge in [0.2, 0.25) is 5.91 Å². The van der Waals surface area contributed by atoms with E-state index in [0.717, 1.165) is 25.1 Å². The van der Waals surface area contributed by atoms with Crippen LogP contribution in [0.15, 0.2) is 24.3 Å². The Hall–Kier alpha value is -1.35. The first-order chi connectivity index (χ1) is 7.68. The molecule has 3 nitrogen and oxygen atoms in total. The van der Waals surface area contributed by atoms with Gasteiger partial charge in [0.05, 0.1) is 0 Å². The van der Waals surface area contributed by atoms with E-state index < -0.39 is 0 Å². The van der Waals surface area contributed by atoms with Gasteiger partial charge in [-0.3, -0.25) is 4.79 Å². The zero-order valence-corrected chi connectivity index (χ0v) is 9.86. The molecule has 1 saturated heterocycles. The van der Waals surface area contributed by atoms with Gasteiger partial charge in [-0.25, -0.2) is 0 Å². The third-order valence-corrected chi connectivity index (χ3v) is 3.02. The normalized spacial score (nSPS) is 22.0. The Morgan fingerprint density at radius 3 is 3.00 bits per heavy atom. The molecule has 1 aromatic rings. The van der Waals surface area contributed by atoms with Crippen molar-refractivity contribution in [3.63, 3.8) is 0 Å². The second-order valence-corrected chi connectivity index (χ2v) is 4.41. The number of hydrogen-bond donors (Lipinski definition) is 1. The van der Waals surface area contributed by atoms with Crippen molar-refractivity contribution in [1.82, 2.24) is 10.2 Å². The third-order valence-electron chi connectivity index (χ3n) is 3.02. The molecule has 16 heavy (non-hydrogen) atoms. The van der Waals surface area contributed by atoms with Crippen molar-refractivity contribution >= 4 is 5.91 Å². The minimum absolute atomic E-state index is 0.170. The molecule has 1 fully saturated rings. The molecular weight excluding hydrogens is 200 g/mol. The summed E-state index contributed by atoms with van der Waals surface area (Å²) in [6.45, 7) is 3.79. The van der Waals surface area contributed by atoms with Crippen LogP contribution in [0.5, 0.6) is 0 Å². The molecule has 2 rings (SSSR count). The molecule has 1 aromatic carbocycles. The van der Waals surface area contributed by atoms with Crippen molar-refractivity contribution < 1.29 is 4.79 Å². The second-order valence-electron chi connectivity index (χ2n) is 4.41. The lowest BCUT2D eigenvalue weighted by Crippen LogP contribution is -2.35. The second kappa shape index (κ2) is 4.66. The lowest BCUT2D eigenvalue weighted by Gasteiger charge is -2.20. The molecule has 1 aliphatic heterocycles. The number of nitrogens with zero attached hydrogens (tertiary/aromatic N) is 1. The summed E-state index contributed by atoms with van der Waals surface area (Å²) in [6.07, 6.45) is 1.02. The van der Waals surface area contributed by atoms with E-state index in [1.54, 1.807) is 0 Å². The fourth-order valence-electron chi connectivity index (χ4n) is 2.09. The first-order valence-electron chi connectivity index (χ1n) is 5.73. The van der Waals surface area contributed by atoms with Crippen LogP contribution in [0, 0.1) is 6.92 Å². The molecule has 1 unspecified atom stereocenters. The highest BCUT2D eigenvalue weighted by atomic mass is 16.2. The Morgan fingerprint density at radius 2 is 2.25 bits per heavy atom. The summed E-state index contributed by atoms with van der Waals surface area (Å²) in [7, 11) is 1.87. The molecule has 1 heterocycles. The number of hydrogen-bond acceptors (Lipinski definition) is 2. The zero-order valence-electron chi connectivity index (χ0n) is 9.86. The maximum Gasteiger partial charge on any atom is 0.244 e. The average Bonchev–Trinajstić information content (AvgIpc) is 2.42. The number of amides is 1. The number of carbonyl (C=O) groups excluding carboxylic acids is 1. The van der Waals surface area contributed by atoms with E-state index in [-0.39, 0.29) is 11.9 Å². The van der Waals surface area contributed by atoms with Crippen LogP contribution in [0.3, 0.4) is 0 Å². The lowest BCUT2D eigenvalue weighted by atomic mass is 10.0. The molecule has 0 bridgehead atoms. The van der Waals surface area contributed by atoms with Crippen molar-refractivity contribution in [3.05, 3.63) is 35.4 Å². The van der Waals surface area contributed by atoms with Crippen LogP contribution in [0.2, 0.25) is 0 Å². The van der Waals surface area contributed by atoms with Crippen LogP contribution in [-0.2, 0) is 4.79 Å². The summed E-state index contributed by atoms with van der Waals surface area (Å²) in [5, 5.41) is 3.31. The van der Waals surface area contributed by atoms with Crippen LogP contribution in [0.4, 0.5) is 0 Å². The fraction of sp³-hybridized carbons (Fsp3) is 0.462. The molecule has 0 saturated carbocycles. The summed E-state index contributed by atoms with van der Waals surface area (Å²) in [6, 6.07) is 7.97. The predicted octanol–water partition coefficient (Wildman–Crippen LogP) is 1.49. The van der Waals surface area contributed by atoms with E-state index >= 15 is 0 Å². The molecule has 86 valence electrons. The van der Waals surface area contributed by atoms with Crippen molar-refractivity contribution in [2.45, 2.75) is 19.4 Å². The number of likely N-dealkylation sites (N-methyl/N-ethyl adjacent to an activating group) is 1. The van der Waals surface area contributed by atoms with Gasteiger partial charge in [-0.05, 0) is 25.5 Å². The van der Waals surface area contributed by atoms with Gasteiger partial charge in [0.1, 0.15) is 6.04 Å². The van der Waals surface area contributed by atoms with Gasteiger partial charge in [0, 0.05) is 13.6 Å². The molecule has 3 heteroatoms. The average molecular weight is 218 g/mol. The highest BCUT2D eigenvalue weighted by Gasteiger charge is 2.25. The maximum atomic E-state index is 12.1. The fourth-order valence-corrected chi connectivity index (χ4v) is 2.09. The monoisotopic (exact) mass is 218 g/mol. The summed E-state index contributed by atoms with van der Waals surface area (Å²) in [4.78, 5) is 13.9. The van der Waals surface area contributed by atoms with Crippen LogP contribution in [0.1, 0.15) is 23.6 Å². The molecule has 0 aromatic heterocycles. The Labute approximate surface area is 96.5 Å². The SMILES string of the molecule is Cc1cccc(C2NCCCN(C)C2=O)c1. The number of nitrogens with one attached hydrogen (secondary N) is 1. The van der Waals surface area contributed by atoms with E-state index in [1.165, 1.54) is 5.56 Å². The van der Waals surface area contributed by atoms with Gasteiger partial charge < -0.3 is 10.2 Å². The van der Waals surface area contributed by atoms with E-state index in [4.69, 9.17) is 0 Å². The smallest absolute Gasteiger partial charge is 0.244 e. The van der Waals surface area contributed by atoms with Gasteiger partial charge in [-0.1, -0.05) is 29.8 Å². The molecule has 1 atom stereocenters. The van der Waals surface area contributed by atoms with Crippen LogP contribution < -0.4 is 5.32 Å². The summed E-state index contributed by atoms with van der Waals surface area (Å²) < 4.78 is 0. The topological polar surface area (TPSA) is 32.3 Å². The summed E-state index contributed by atoms with van der Waals surface area (Å²) in [5.41, 5.74) is 2.26. The van der Waals surface area contributed by atoms with Crippen molar-refractivity contribution in [1.29, 1.82) is 0 Å². The third kappa shape index (κ3) is 2.25. The molecule has 0 spiro atoms. The minimum atomic E-state index is -0.174. The first-order valence-corrected chi connectivity index (χ1v) is 5.73. The van der Waals surface area contributed by atoms with Gasteiger partial charge in [0.15, 0.2) is 0 Å². The van der Waals surface area contributed by atoms with Crippen molar-refractivity contribution in [2.24, 2.45) is 0 Å². The number of rotatable bonds is 1. The summed E-state index contributed by atoms with van der Waals surface area (Å²) in [5.74, 6) is 0.170. The predicted molar refractivity (Wildman–Crippen MR) is 64.2 cm³/mol. The molecular formula is C13H18N2O. The van der Waals surface area contributed by atoms with Crippen molar-refractivity contribution in [3.8, 4) is 0 Å². The maximum absolute atomic E-state index is 12.1. The molecule has 0 aliphatic carbocycles. The highest BCUT2D eigenvalue weighted by molar-refractivity contribution is 5.83. The number of aryl methyl sites for hydroxylation is 1. The largest absolute Gasteiger partial charge is 0.344 e. The highest BCUT2D eigenvalue weighted by Crippen LogP contribution is 2.18. The van der Waals surface area contributed by atoms with Crippen LogP contribution in [-0.4, -0.2) is 30.9 Å². The molecule has 0 radical (unpaired) electrons. The molecule has 1 N–H and O–H groups in total. The Morgan fingerprint density at radius 1 is 1.44 bits per heavy atom. The van der Waals surface area contributed by atoms with Crippen LogP contribution >= 0.6 is 0 Å². The Bertz CT molecular complexity index is 389. The zero-order chi connectivity index (χ0) is 11.5. The summed E-state index contributed by atoms with van der Waals surface area (Å²) >= 11 is 0. The van der Waals surface area contributed by atoms with E-state index in [1.807, 2.05) is 37.1 Å². The lowest BCUT2D eigenvalue weighted by molar-refractivity contribution is -0.131. The Balaban J connectivity index is 2.27. The minimum Gasteiger partial charge on any atom is -0.344 e. The van der Waals surface area contributed by atoms with Crippen molar-refractivity contribution in [2.75, 3.05) is 20.1 Å². The van der Waals surface area contributed by atoms with E-state index in [0.29, 0.717) is 0 Å². The molecule has 1 aliphatic rings. The number of benzene rings is 1. The van der Waals surface area contributed by atoms with E-state index in [9.17, 15) is 4.79 Å². The van der Waals surface area contributed by atoms with Gasteiger partial charge in [0.25, 0.3) is 0 Å². The molecule has 1 amide bonds. The first kappa shape index (κ1) is 11.1. The number of carbonyl (C=O) groups is 1. The van der Waals surface area contributed by atoms with E-state index in [2.05, 4.69) is 11.4 Å². The quantitative estimate of drug-likeness (QED) is 0.774. The van der Waals surface area contributed by atoms with Crippen LogP contribution in [0.25, 0.3) is 0 Å². The van der Waals surface area contributed by atoms with Gasteiger partial charge >= 0.3 is 0 Å². The standard InChI is InChI=1S/C13H18N2O/c1-10-5-3-6-11(9-10)12-13(16)15(2)8-4-7-14-12/h3,5-6,9,12,14H,4,7-8H2,1-2H3.